The van der Waals surface area contributed by atoms with Gasteiger partial charge in [-0.3, -0.25) is 5.73 Å². The highest BCUT2D eigenvalue weighted by Crippen LogP contribution is 2.31. The number of sulfone groups is 2. The number of aryl methyl sites for hydroxylation is 2. The van der Waals surface area contributed by atoms with Crippen molar-refractivity contribution in [3.63, 3.8) is 0 Å². The summed E-state index contributed by atoms with van der Waals surface area (Å²) in [5, 5.41) is 0. The average molecular weight is 368 g/mol. The van der Waals surface area contributed by atoms with Crippen LogP contribution in [0.15, 0.2) is 58.3 Å². The van der Waals surface area contributed by atoms with Gasteiger partial charge in [0.15, 0.2) is 0 Å². The van der Waals surface area contributed by atoms with Crippen LogP contribution in [0.25, 0.3) is 0 Å². The molecule has 0 aliphatic carbocycles. The third-order valence-corrected chi connectivity index (χ3v) is 9.11. The van der Waals surface area contributed by atoms with Crippen molar-refractivity contribution in [2.45, 2.75) is 27.8 Å². The van der Waals surface area contributed by atoms with Crippen molar-refractivity contribution in [3.8, 4) is 0 Å². The molecular formula is C16H20N2O4S2. The number of benzene rings is 2. The van der Waals surface area contributed by atoms with Gasteiger partial charge in [0.05, 0.1) is 9.79 Å². The summed E-state index contributed by atoms with van der Waals surface area (Å²) >= 11 is 0. The Morgan fingerprint density at radius 1 is 0.750 bits per heavy atom. The molecule has 0 atom stereocenters. The maximum absolute atomic E-state index is 12.9. The Labute approximate surface area is 142 Å². The number of rotatable bonds is 5. The van der Waals surface area contributed by atoms with Gasteiger partial charge in [0.25, 0.3) is 0 Å². The molecule has 0 radical (unpaired) electrons. The first kappa shape index (κ1) is 18.6. The summed E-state index contributed by atoms with van der Waals surface area (Å²) in [5.41, 5.74) is 13.1. The number of nitrogens with two attached hydrogens (primary N) is 2. The molecule has 0 saturated carbocycles. The third kappa shape index (κ3) is 2.86. The van der Waals surface area contributed by atoms with Crippen LogP contribution in [-0.2, 0) is 19.7 Å². The predicted octanol–water partition coefficient (Wildman–Crippen LogP) is 1.12. The molecule has 2 rings (SSSR count). The topological polar surface area (TPSA) is 120 Å². The largest absolute Gasteiger partial charge is 0.327 e. The van der Waals surface area contributed by atoms with Crippen LogP contribution in [0.4, 0.5) is 0 Å². The van der Waals surface area contributed by atoms with Gasteiger partial charge in [-0.15, -0.1) is 0 Å². The fraction of sp³-hybridized carbons (Fsp3) is 0.250. The lowest BCUT2D eigenvalue weighted by Crippen LogP contribution is -2.59. The maximum atomic E-state index is 12.9. The molecule has 130 valence electrons. The van der Waals surface area contributed by atoms with E-state index in [2.05, 4.69) is 0 Å². The van der Waals surface area contributed by atoms with Gasteiger partial charge in [-0.1, -0.05) is 35.4 Å². The molecule has 0 heterocycles. The van der Waals surface area contributed by atoms with Gasteiger partial charge in [0.2, 0.25) is 23.9 Å². The molecule has 0 fully saturated rings. The lowest BCUT2D eigenvalue weighted by atomic mass is 10.2. The Morgan fingerprint density at radius 3 is 1.29 bits per heavy atom. The highest BCUT2D eigenvalue weighted by Gasteiger charge is 2.52. The molecule has 2 aromatic carbocycles. The van der Waals surface area contributed by atoms with Crippen LogP contribution >= 0.6 is 0 Å². The van der Waals surface area contributed by atoms with Crippen LogP contribution in [0.1, 0.15) is 11.1 Å². The Hall–Kier alpha value is -1.74. The van der Waals surface area contributed by atoms with Gasteiger partial charge in [-0.05, 0) is 38.1 Å². The zero-order valence-electron chi connectivity index (χ0n) is 13.4. The van der Waals surface area contributed by atoms with Crippen molar-refractivity contribution < 1.29 is 16.8 Å². The van der Waals surface area contributed by atoms with E-state index in [4.69, 9.17) is 11.5 Å². The minimum Gasteiger partial charge on any atom is -0.327 e. The maximum Gasteiger partial charge on any atom is 0.242 e. The summed E-state index contributed by atoms with van der Waals surface area (Å²) in [4.78, 5) is -0.367. The molecule has 0 aromatic heterocycles. The first-order valence-electron chi connectivity index (χ1n) is 7.18. The Kier molecular flexibility index (Phi) is 4.87. The fourth-order valence-electron chi connectivity index (χ4n) is 2.20. The molecular weight excluding hydrogens is 348 g/mol. The lowest BCUT2D eigenvalue weighted by molar-refractivity contribution is 0.542. The molecule has 2 aromatic rings. The van der Waals surface area contributed by atoms with E-state index >= 15 is 0 Å². The minimum atomic E-state index is -4.42. The first-order chi connectivity index (χ1) is 11.1. The SMILES string of the molecule is Cc1ccc(S(=O)(=O)C(N)(CN)S(=O)(=O)c2ccc(C)cc2)cc1. The molecule has 0 saturated heterocycles. The number of hydrogen-bond acceptors (Lipinski definition) is 6. The van der Waals surface area contributed by atoms with Crippen LogP contribution < -0.4 is 11.5 Å². The van der Waals surface area contributed by atoms with E-state index in [0.29, 0.717) is 0 Å². The van der Waals surface area contributed by atoms with Crippen molar-refractivity contribution in [1.82, 2.24) is 0 Å². The minimum absolute atomic E-state index is 0.184. The van der Waals surface area contributed by atoms with Gasteiger partial charge in [0.1, 0.15) is 0 Å². The third-order valence-electron chi connectivity index (χ3n) is 3.86. The first-order valence-corrected chi connectivity index (χ1v) is 10.1. The Bertz CT molecular complexity index is 857. The van der Waals surface area contributed by atoms with Crippen molar-refractivity contribution >= 4 is 19.7 Å². The normalized spacial score (nSPS) is 13.0. The second-order valence-corrected chi connectivity index (χ2v) is 10.3. The van der Waals surface area contributed by atoms with Crippen molar-refractivity contribution in [1.29, 1.82) is 0 Å². The summed E-state index contributed by atoms with van der Waals surface area (Å²) in [6, 6.07) is 11.6. The lowest BCUT2D eigenvalue weighted by Gasteiger charge is -2.27. The van der Waals surface area contributed by atoms with E-state index in [0.717, 1.165) is 11.1 Å². The summed E-state index contributed by atoms with van der Waals surface area (Å²) in [5.74, 6) is 0. The van der Waals surface area contributed by atoms with E-state index in [1.165, 1.54) is 24.3 Å². The summed E-state index contributed by atoms with van der Waals surface area (Å²) in [7, 11) is -8.84. The van der Waals surface area contributed by atoms with Crippen LogP contribution in [-0.4, -0.2) is 27.6 Å². The highest BCUT2D eigenvalue weighted by molar-refractivity contribution is 8.10. The predicted molar refractivity (Wildman–Crippen MR) is 92.7 cm³/mol. The second-order valence-electron chi connectivity index (χ2n) is 5.65. The molecule has 0 amide bonds. The molecule has 0 bridgehead atoms. The van der Waals surface area contributed by atoms with Crippen molar-refractivity contribution in [3.05, 3.63) is 59.7 Å². The van der Waals surface area contributed by atoms with Gasteiger partial charge >= 0.3 is 0 Å². The van der Waals surface area contributed by atoms with Crippen LogP contribution in [0.2, 0.25) is 0 Å². The van der Waals surface area contributed by atoms with Crippen molar-refractivity contribution in [2.24, 2.45) is 11.5 Å². The molecule has 4 N–H and O–H groups in total. The monoisotopic (exact) mass is 368 g/mol. The molecule has 0 spiro atoms. The fourth-order valence-corrected chi connectivity index (χ4v) is 6.16. The highest BCUT2D eigenvalue weighted by atomic mass is 32.3. The molecule has 24 heavy (non-hydrogen) atoms. The van der Waals surface area contributed by atoms with Crippen LogP contribution in [0.5, 0.6) is 0 Å². The molecule has 0 aliphatic rings. The standard InChI is InChI=1S/C16H20N2O4S2/c1-12-3-7-14(8-4-12)23(19,20)16(18,11-17)24(21,22)15-9-5-13(2)6-10-15/h3-10H,11,17-18H2,1-2H3. The van der Waals surface area contributed by atoms with E-state index in [-0.39, 0.29) is 9.79 Å². The smallest absolute Gasteiger partial charge is 0.242 e. The zero-order valence-corrected chi connectivity index (χ0v) is 15.1. The molecule has 6 nitrogen and oxygen atoms in total. The van der Waals surface area contributed by atoms with Gasteiger partial charge in [-0.2, -0.15) is 0 Å². The molecule has 8 heteroatoms. The summed E-state index contributed by atoms with van der Waals surface area (Å²) in [6.45, 7) is 2.82. The van der Waals surface area contributed by atoms with E-state index in [1.54, 1.807) is 38.1 Å². The quantitative estimate of drug-likeness (QED) is 0.816. The summed E-state index contributed by atoms with van der Waals surface area (Å²) in [6.07, 6.45) is 0. The van der Waals surface area contributed by atoms with Gasteiger partial charge in [-0.25, -0.2) is 16.8 Å². The molecule has 0 unspecified atom stereocenters. The number of hydrogen-bond donors (Lipinski definition) is 2. The van der Waals surface area contributed by atoms with Crippen LogP contribution in [0.3, 0.4) is 0 Å². The Morgan fingerprint density at radius 2 is 1.04 bits per heavy atom. The van der Waals surface area contributed by atoms with Crippen molar-refractivity contribution in [2.75, 3.05) is 6.54 Å². The molecule has 0 aliphatic heterocycles. The van der Waals surface area contributed by atoms with Gasteiger partial charge in [0, 0.05) is 6.54 Å². The second kappa shape index (κ2) is 6.29. The zero-order chi connectivity index (χ0) is 18.2. The van der Waals surface area contributed by atoms with Gasteiger partial charge < -0.3 is 5.73 Å². The van der Waals surface area contributed by atoms with E-state index in [1.807, 2.05) is 0 Å². The average Bonchev–Trinajstić information content (AvgIpc) is 2.54. The van der Waals surface area contributed by atoms with Crippen LogP contribution in [0, 0.1) is 13.8 Å². The Balaban J connectivity index is 2.66. The van der Waals surface area contributed by atoms with E-state index < -0.39 is 30.4 Å². The summed E-state index contributed by atoms with van der Waals surface area (Å²) < 4.78 is 48.9. The van der Waals surface area contributed by atoms with E-state index in [9.17, 15) is 16.8 Å².